The fourth-order valence-corrected chi connectivity index (χ4v) is 2.71. The average molecular weight is 278 g/mol. The summed E-state index contributed by atoms with van der Waals surface area (Å²) in [6.45, 7) is 1.94. The molecule has 0 spiro atoms. The molecule has 0 saturated carbocycles. The van der Waals surface area contributed by atoms with Gasteiger partial charge in [0.2, 0.25) is 0 Å². The highest BCUT2D eigenvalue weighted by atomic mass is 35.5. The summed E-state index contributed by atoms with van der Waals surface area (Å²) in [6.07, 6.45) is 2.13. The number of halogens is 1. The Labute approximate surface area is 116 Å². The first-order chi connectivity index (χ1) is 9.22. The van der Waals surface area contributed by atoms with E-state index in [0.29, 0.717) is 16.9 Å². The van der Waals surface area contributed by atoms with Gasteiger partial charge in [0.25, 0.3) is 0 Å². The first-order valence-corrected chi connectivity index (χ1v) is 6.78. The lowest BCUT2D eigenvalue weighted by atomic mass is 9.93. The number of H-pyrrole nitrogens is 1. The molecule has 3 N–H and O–H groups in total. The van der Waals surface area contributed by atoms with Crippen molar-refractivity contribution in [2.75, 3.05) is 23.7 Å². The molecule has 1 fully saturated rings. The van der Waals surface area contributed by atoms with Gasteiger partial charge in [-0.3, -0.25) is 5.10 Å². The minimum atomic E-state index is 0.500. The summed E-state index contributed by atoms with van der Waals surface area (Å²) in [5.41, 5.74) is 6.78. The molecule has 2 aromatic rings. The van der Waals surface area contributed by atoms with Gasteiger partial charge in [-0.25, -0.2) is 4.98 Å². The number of pyridine rings is 1. The van der Waals surface area contributed by atoms with Crippen molar-refractivity contribution in [1.29, 1.82) is 0 Å². The van der Waals surface area contributed by atoms with Gasteiger partial charge in [-0.05, 0) is 25.0 Å². The van der Waals surface area contributed by atoms with E-state index in [1.165, 1.54) is 0 Å². The van der Waals surface area contributed by atoms with Gasteiger partial charge in [0.1, 0.15) is 16.8 Å². The summed E-state index contributed by atoms with van der Waals surface area (Å²) in [5.74, 6) is 2.02. The highest BCUT2D eigenvalue weighted by Gasteiger charge is 2.22. The van der Waals surface area contributed by atoms with Gasteiger partial charge < -0.3 is 10.6 Å². The number of nitrogen functional groups attached to an aromatic ring is 1. The highest BCUT2D eigenvalue weighted by molar-refractivity contribution is 6.29. The molecule has 5 nitrogen and oxygen atoms in total. The predicted molar refractivity (Wildman–Crippen MR) is 76.4 cm³/mol. The molecule has 0 aromatic carbocycles. The van der Waals surface area contributed by atoms with Gasteiger partial charge in [-0.1, -0.05) is 17.7 Å². The summed E-state index contributed by atoms with van der Waals surface area (Å²) in [5, 5.41) is 7.54. The van der Waals surface area contributed by atoms with Crippen LogP contribution in [0.3, 0.4) is 0 Å². The van der Waals surface area contributed by atoms with Gasteiger partial charge in [0.05, 0.1) is 0 Å². The van der Waals surface area contributed by atoms with Crippen molar-refractivity contribution in [3.8, 4) is 0 Å². The molecule has 1 aliphatic rings. The number of nitrogens with two attached hydrogens (primary N) is 1. The molecular weight excluding hydrogens is 262 g/mol. The first-order valence-electron chi connectivity index (χ1n) is 6.40. The Hall–Kier alpha value is -1.75. The van der Waals surface area contributed by atoms with Crippen LogP contribution < -0.4 is 10.6 Å². The third-order valence-electron chi connectivity index (χ3n) is 3.58. The zero-order valence-electron chi connectivity index (χ0n) is 10.5. The van der Waals surface area contributed by atoms with Crippen LogP contribution in [0, 0.1) is 0 Å². The molecule has 3 rings (SSSR count). The lowest BCUT2D eigenvalue weighted by Gasteiger charge is -2.32. The Balaban J connectivity index is 1.66. The van der Waals surface area contributed by atoms with E-state index in [2.05, 4.69) is 20.1 Å². The molecule has 0 aliphatic carbocycles. The molecule has 0 radical (unpaired) electrons. The van der Waals surface area contributed by atoms with Crippen molar-refractivity contribution in [1.82, 2.24) is 15.2 Å². The van der Waals surface area contributed by atoms with Crippen molar-refractivity contribution in [3.63, 3.8) is 0 Å². The Morgan fingerprint density at radius 3 is 2.74 bits per heavy atom. The summed E-state index contributed by atoms with van der Waals surface area (Å²) in [4.78, 5) is 6.62. The average Bonchev–Trinajstić information content (AvgIpc) is 2.86. The predicted octanol–water partition coefficient (Wildman–Crippen LogP) is 2.42. The van der Waals surface area contributed by atoms with Crippen molar-refractivity contribution < 1.29 is 0 Å². The number of nitrogens with zero attached hydrogens (tertiary/aromatic N) is 3. The van der Waals surface area contributed by atoms with Gasteiger partial charge >= 0.3 is 0 Å². The monoisotopic (exact) mass is 277 g/mol. The molecule has 1 aliphatic heterocycles. The summed E-state index contributed by atoms with van der Waals surface area (Å²) >= 11 is 5.93. The second-order valence-corrected chi connectivity index (χ2v) is 5.22. The second-order valence-electron chi connectivity index (χ2n) is 4.83. The van der Waals surface area contributed by atoms with E-state index in [0.717, 1.165) is 37.4 Å². The van der Waals surface area contributed by atoms with E-state index in [-0.39, 0.29) is 0 Å². The molecular formula is C13H16ClN5. The third kappa shape index (κ3) is 2.66. The number of anilines is 2. The Kier molecular flexibility index (Phi) is 3.29. The number of aromatic amines is 1. The fourth-order valence-electron chi connectivity index (χ4n) is 2.56. The zero-order chi connectivity index (χ0) is 13.2. The molecule has 0 amide bonds. The number of hydrogen-bond donors (Lipinski definition) is 2. The van der Waals surface area contributed by atoms with Crippen molar-refractivity contribution >= 4 is 23.2 Å². The van der Waals surface area contributed by atoms with Crippen LogP contribution in [0.2, 0.25) is 5.15 Å². The topological polar surface area (TPSA) is 70.8 Å². The lowest BCUT2D eigenvalue weighted by molar-refractivity contribution is 0.493. The Morgan fingerprint density at radius 1 is 1.32 bits per heavy atom. The standard InChI is InChI=1S/C13H16ClN5/c14-11-2-1-3-13(16-11)19-6-4-9(5-7-19)10-8-12(15)18-17-10/h1-3,8-9H,4-7H2,(H3,15,17,18). The third-order valence-corrected chi connectivity index (χ3v) is 3.79. The fraction of sp³-hybridized carbons (Fsp3) is 0.385. The molecule has 19 heavy (non-hydrogen) atoms. The van der Waals surface area contributed by atoms with Crippen molar-refractivity contribution in [3.05, 3.63) is 35.1 Å². The van der Waals surface area contributed by atoms with E-state index in [1.54, 1.807) is 6.07 Å². The van der Waals surface area contributed by atoms with Crippen LogP contribution in [0.25, 0.3) is 0 Å². The molecule has 3 heterocycles. The second kappa shape index (κ2) is 5.09. The van der Waals surface area contributed by atoms with E-state index < -0.39 is 0 Å². The molecule has 6 heteroatoms. The maximum atomic E-state index is 5.93. The van der Waals surface area contributed by atoms with E-state index in [1.807, 2.05) is 18.2 Å². The lowest BCUT2D eigenvalue weighted by Crippen LogP contribution is -2.33. The van der Waals surface area contributed by atoms with Crippen LogP contribution in [-0.2, 0) is 0 Å². The molecule has 0 bridgehead atoms. The largest absolute Gasteiger partial charge is 0.382 e. The smallest absolute Gasteiger partial charge is 0.145 e. The van der Waals surface area contributed by atoms with Crippen LogP contribution in [0.5, 0.6) is 0 Å². The van der Waals surface area contributed by atoms with Gasteiger partial charge in [0.15, 0.2) is 0 Å². The van der Waals surface area contributed by atoms with E-state index >= 15 is 0 Å². The number of aromatic nitrogens is 3. The summed E-state index contributed by atoms with van der Waals surface area (Å²) in [6, 6.07) is 7.66. The number of nitrogens with one attached hydrogen (secondary N) is 1. The summed E-state index contributed by atoms with van der Waals surface area (Å²) in [7, 11) is 0. The van der Waals surface area contributed by atoms with Crippen LogP contribution in [-0.4, -0.2) is 28.3 Å². The molecule has 0 atom stereocenters. The van der Waals surface area contributed by atoms with Crippen molar-refractivity contribution in [2.24, 2.45) is 0 Å². The normalized spacial score (nSPS) is 16.8. The molecule has 0 unspecified atom stereocenters. The van der Waals surface area contributed by atoms with E-state index in [4.69, 9.17) is 17.3 Å². The number of hydrogen-bond acceptors (Lipinski definition) is 4. The van der Waals surface area contributed by atoms with E-state index in [9.17, 15) is 0 Å². The Morgan fingerprint density at radius 2 is 2.11 bits per heavy atom. The van der Waals surface area contributed by atoms with Crippen LogP contribution in [0.1, 0.15) is 24.5 Å². The van der Waals surface area contributed by atoms with Crippen LogP contribution in [0.15, 0.2) is 24.3 Å². The highest BCUT2D eigenvalue weighted by Crippen LogP contribution is 2.29. The quantitative estimate of drug-likeness (QED) is 0.827. The maximum absolute atomic E-state index is 5.93. The SMILES string of the molecule is Nc1cc(C2CCN(c3cccc(Cl)n3)CC2)[nH]n1. The van der Waals surface area contributed by atoms with Crippen LogP contribution >= 0.6 is 11.6 Å². The van der Waals surface area contributed by atoms with Gasteiger partial charge in [-0.15, -0.1) is 0 Å². The van der Waals surface area contributed by atoms with Gasteiger partial charge in [0, 0.05) is 30.8 Å². The van der Waals surface area contributed by atoms with Gasteiger partial charge in [-0.2, -0.15) is 5.10 Å². The number of rotatable bonds is 2. The number of piperidine rings is 1. The van der Waals surface area contributed by atoms with Crippen molar-refractivity contribution in [2.45, 2.75) is 18.8 Å². The first kappa shape index (κ1) is 12.3. The zero-order valence-corrected chi connectivity index (χ0v) is 11.3. The molecule has 100 valence electrons. The maximum Gasteiger partial charge on any atom is 0.145 e. The minimum Gasteiger partial charge on any atom is -0.382 e. The van der Waals surface area contributed by atoms with Crippen LogP contribution in [0.4, 0.5) is 11.6 Å². The molecule has 2 aromatic heterocycles. The minimum absolute atomic E-state index is 0.500. The molecule has 1 saturated heterocycles. The Bertz CT molecular complexity index is 560. The summed E-state index contributed by atoms with van der Waals surface area (Å²) < 4.78 is 0.